The van der Waals surface area contributed by atoms with E-state index in [4.69, 9.17) is 0 Å². The van der Waals surface area contributed by atoms with Crippen molar-refractivity contribution in [3.8, 4) is 11.8 Å². The summed E-state index contributed by atoms with van der Waals surface area (Å²) in [4.78, 5) is 0. The van der Waals surface area contributed by atoms with Crippen LogP contribution in [0.3, 0.4) is 0 Å². The summed E-state index contributed by atoms with van der Waals surface area (Å²) in [5.74, 6) is 8.16. The first-order valence-electron chi connectivity index (χ1n) is 8.59. The number of benzene rings is 1. The highest BCUT2D eigenvalue weighted by molar-refractivity contribution is 5.38. The van der Waals surface area contributed by atoms with Crippen molar-refractivity contribution in [1.82, 2.24) is 0 Å². The molecule has 112 valence electrons. The van der Waals surface area contributed by atoms with E-state index in [0.29, 0.717) is 0 Å². The van der Waals surface area contributed by atoms with E-state index in [-0.39, 0.29) is 0 Å². The molecule has 0 N–H and O–H groups in total. The number of hydrogen-bond acceptors (Lipinski definition) is 0. The molecule has 0 heteroatoms. The quantitative estimate of drug-likeness (QED) is 0.615. The van der Waals surface area contributed by atoms with Gasteiger partial charge in [0.15, 0.2) is 0 Å². The molecule has 0 nitrogen and oxygen atoms in total. The molecule has 0 atom stereocenters. The molecule has 0 spiro atoms. The highest BCUT2D eigenvalue weighted by atomic mass is 14.2. The van der Waals surface area contributed by atoms with Gasteiger partial charge in [-0.1, -0.05) is 56.7 Å². The Labute approximate surface area is 130 Å². The molecule has 1 fully saturated rings. The van der Waals surface area contributed by atoms with Gasteiger partial charge in [-0.05, 0) is 67.7 Å². The van der Waals surface area contributed by atoms with E-state index in [9.17, 15) is 0 Å². The van der Waals surface area contributed by atoms with Gasteiger partial charge < -0.3 is 0 Å². The van der Waals surface area contributed by atoms with Gasteiger partial charge in [0, 0.05) is 5.56 Å². The van der Waals surface area contributed by atoms with E-state index in [1.165, 1.54) is 44.1 Å². The van der Waals surface area contributed by atoms with Crippen LogP contribution in [0.4, 0.5) is 0 Å². The van der Waals surface area contributed by atoms with Crippen molar-refractivity contribution in [3.63, 3.8) is 0 Å². The summed E-state index contributed by atoms with van der Waals surface area (Å²) in [6, 6.07) is 8.67. The molecule has 1 saturated carbocycles. The van der Waals surface area contributed by atoms with Gasteiger partial charge in [-0.15, -0.1) is 0 Å². The lowest BCUT2D eigenvalue weighted by Gasteiger charge is -2.25. The number of rotatable bonds is 4. The van der Waals surface area contributed by atoms with Crippen LogP contribution in [0.5, 0.6) is 0 Å². The van der Waals surface area contributed by atoms with Crippen LogP contribution in [0.2, 0.25) is 0 Å². The topological polar surface area (TPSA) is 0 Å². The second-order valence-electron chi connectivity index (χ2n) is 6.26. The number of hydrogen-bond donors (Lipinski definition) is 0. The second kappa shape index (κ2) is 8.73. The fraction of sp³-hybridized carbons (Fsp3) is 0.524. The van der Waals surface area contributed by atoms with Crippen LogP contribution in [-0.4, -0.2) is 0 Å². The standard InChI is InChI=1S/C21H28/c1-3-7-19-14-16-21(17-15-19)9-6-5-8-20-12-10-18(4-2)11-13-20/h5,8,14-18,20H,3-4,7,10-13H2,1-2H3. The molecule has 1 aliphatic rings. The molecule has 1 aromatic rings. The Morgan fingerprint density at radius 1 is 1.05 bits per heavy atom. The molecule has 0 bridgehead atoms. The Hall–Kier alpha value is -1.48. The minimum atomic E-state index is 0.758. The maximum atomic E-state index is 3.24. The third-order valence-corrected chi connectivity index (χ3v) is 4.63. The van der Waals surface area contributed by atoms with E-state index in [2.05, 4.69) is 62.1 Å². The van der Waals surface area contributed by atoms with Gasteiger partial charge >= 0.3 is 0 Å². The summed E-state index contributed by atoms with van der Waals surface area (Å²) < 4.78 is 0. The lowest BCUT2D eigenvalue weighted by Crippen LogP contribution is -2.11. The fourth-order valence-electron chi connectivity index (χ4n) is 3.14. The Bertz CT molecular complexity index is 487. The van der Waals surface area contributed by atoms with Gasteiger partial charge in [0.2, 0.25) is 0 Å². The molecule has 0 aromatic heterocycles. The van der Waals surface area contributed by atoms with Gasteiger partial charge in [0.1, 0.15) is 0 Å². The maximum Gasteiger partial charge on any atom is 0.0249 e. The molecule has 0 aliphatic heterocycles. The predicted octanol–water partition coefficient (Wildman–Crippen LogP) is 5.76. The third-order valence-electron chi connectivity index (χ3n) is 4.63. The first kappa shape index (κ1) is 15.9. The van der Waals surface area contributed by atoms with Gasteiger partial charge in [-0.3, -0.25) is 0 Å². The average molecular weight is 280 g/mol. The minimum absolute atomic E-state index is 0.758. The van der Waals surface area contributed by atoms with Gasteiger partial charge in [-0.2, -0.15) is 0 Å². The molecule has 1 aliphatic carbocycles. The highest BCUT2D eigenvalue weighted by Crippen LogP contribution is 2.31. The molecule has 21 heavy (non-hydrogen) atoms. The van der Waals surface area contributed by atoms with Crippen LogP contribution in [0.15, 0.2) is 36.4 Å². The van der Waals surface area contributed by atoms with Crippen molar-refractivity contribution < 1.29 is 0 Å². The van der Waals surface area contributed by atoms with Gasteiger partial charge in [0.25, 0.3) is 0 Å². The van der Waals surface area contributed by atoms with E-state index >= 15 is 0 Å². The highest BCUT2D eigenvalue weighted by Gasteiger charge is 2.17. The van der Waals surface area contributed by atoms with Crippen molar-refractivity contribution in [2.45, 2.75) is 58.8 Å². The lowest BCUT2D eigenvalue weighted by atomic mass is 9.81. The maximum absolute atomic E-state index is 3.24. The van der Waals surface area contributed by atoms with Crippen LogP contribution in [-0.2, 0) is 6.42 Å². The molecule has 0 heterocycles. The Morgan fingerprint density at radius 2 is 1.76 bits per heavy atom. The first-order valence-corrected chi connectivity index (χ1v) is 8.59. The van der Waals surface area contributed by atoms with E-state index in [1.807, 2.05) is 0 Å². The molecule has 2 rings (SSSR count). The summed E-state index contributed by atoms with van der Waals surface area (Å²) in [5.41, 5.74) is 2.53. The van der Waals surface area contributed by atoms with Crippen LogP contribution in [0, 0.1) is 23.7 Å². The molecule has 0 amide bonds. The number of allylic oxidation sites excluding steroid dienone is 2. The predicted molar refractivity (Wildman–Crippen MR) is 92.2 cm³/mol. The second-order valence-corrected chi connectivity index (χ2v) is 6.26. The smallest absolute Gasteiger partial charge is 0.0249 e. The van der Waals surface area contributed by atoms with Crippen molar-refractivity contribution in [2.75, 3.05) is 0 Å². The minimum Gasteiger partial charge on any atom is -0.0730 e. The summed E-state index contributed by atoms with van der Waals surface area (Å²) >= 11 is 0. The molecular weight excluding hydrogens is 252 g/mol. The van der Waals surface area contributed by atoms with Crippen molar-refractivity contribution in [3.05, 3.63) is 47.5 Å². The molecule has 1 aromatic carbocycles. The van der Waals surface area contributed by atoms with E-state index < -0.39 is 0 Å². The largest absolute Gasteiger partial charge is 0.0730 e. The average Bonchev–Trinajstić information content (AvgIpc) is 2.54. The van der Waals surface area contributed by atoms with Crippen LogP contribution < -0.4 is 0 Å². The summed E-state index contributed by atoms with van der Waals surface area (Å²) in [6.45, 7) is 4.53. The van der Waals surface area contributed by atoms with E-state index in [1.54, 1.807) is 0 Å². The summed E-state index contributed by atoms with van der Waals surface area (Å²) in [6.07, 6.45) is 13.6. The van der Waals surface area contributed by atoms with E-state index in [0.717, 1.165) is 23.8 Å². The van der Waals surface area contributed by atoms with Crippen LogP contribution in [0.1, 0.15) is 63.5 Å². The zero-order valence-corrected chi connectivity index (χ0v) is 13.6. The molecular formula is C21H28. The Balaban J connectivity index is 1.81. The summed E-state index contributed by atoms with van der Waals surface area (Å²) in [5, 5.41) is 0. The third kappa shape index (κ3) is 5.43. The Kier molecular flexibility index (Phi) is 6.61. The van der Waals surface area contributed by atoms with Crippen LogP contribution >= 0.6 is 0 Å². The lowest BCUT2D eigenvalue weighted by molar-refractivity contribution is 0.304. The van der Waals surface area contributed by atoms with Crippen molar-refractivity contribution >= 4 is 0 Å². The fourth-order valence-corrected chi connectivity index (χ4v) is 3.14. The van der Waals surface area contributed by atoms with Crippen LogP contribution in [0.25, 0.3) is 0 Å². The molecule has 0 saturated heterocycles. The Morgan fingerprint density at radius 3 is 2.38 bits per heavy atom. The number of aryl methyl sites for hydroxylation is 1. The first-order chi connectivity index (χ1) is 10.3. The normalized spacial score (nSPS) is 22.0. The monoisotopic (exact) mass is 280 g/mol. The van der Waals surface area contributed by atoms with Crippen molar-refractivity contribution in [2.24, 2.45) is 11.8 Å². The molecule has 0 radical (unpaired) electrons. The van der Waals surface area contributed by atoms with Crippen molar-refractivity contribution in [1.29, 1.82) is 0 Å². The van der Waals surface area contributed by atoms with Gasteiger partial charge in [-0.25, -0.2) is 0 Å². The zero-order chi connectivity index (χ0) is 14.9. The molecule has 0 unspecified atom stereocenters. The zero-order valence-electron chi connectivity index (χ0n) is 13.6. The van der Waals surface area contributed by atoms with Gasteiger partial charge in [0.05, 0.1) is 0 Å². The SMILES string of the molecule is CCCc1ccc(C#CC=CC2CCC(CC)CC2)cc1. The summed E-state index contributed by atoms with van der Waals surface area (Å²) in [7, 11) is 0.